The minimum Gasteiger partial charge on any atom is -0.380 e. The van der Waals surface area contributed by atoms with E-state index in [1.165, 1.54) is 12.4 Å². The molecule has 0 bridgehead atoms. The largest absolute Gasteiger partial charge is 0.380 e. The van der Waals surface area contributed by atoms with Gasteiger partial charge in [-0.15, -0.1) is 0 Å². The Labute approximate surface area is 126 Å². The summed E-state index contributed by atoms with van der Waals surface area (Å²) < 4.78 is 32.6. The topological polar surface area (TPSA) is 93.2 Å². The quantitative estimate of drug-likeness (QED) is 0.712. The molecule has 0 aliphatic heterocycles. The van der Waals surface area contributed by atoms with Crippen LogP contribution in [0.5, 0.6) is 0 Å². The van der Waals surface area contributed by atoms with Gasteiger partial charge in [0.15, 0.2) is 0 Å². The van der Waals surface area contributed by atoms with Gasteiger partial charge in [0.05, 0.1) is 19.0 Å². The van der Waals surface area contributed by atoms with Crippen LogP contribution in [0.15, 0.2) is 17.3 Å². The lowest BCUT2D eigenvalue weighted by atomic mass is 10.1. The van der Waals surface area contributed by atoms with Crippen LogP contribution in [0.25, 0.3) is 0 Å². The number of hydrogen-bond donors (Lipinski definition) is 2. The number of aromatic nitrogens is 2. The fourth-order valence-corrected chi connectivity index (χ4v) is 2.84. The molecule has 1 rings (SSSR count). The third-order valence-electron chi connectivity index (χ3n) is 2.89. The van der Waals surface area contributed by atoms with E-state index >= 15 is 0 Å². The van der Waals surface area contributed by atoms with E-state index in [2.05, 4.69) is 20.0 Å². The maximum absolute atomic E-state index is 12.3. The molecule has 1 heterocycles. The zero-order valence-corrected chi connectivity index (χ0v) is 13.8. The summed E-state index contributed by atoms with van der Waals surface area (Å²) in [4.78, 5) is 8.00. The Hall–Kier alpha value is -1.25. The summed E-state index contributed by atoms with van der Waals surface area (Å²) in [5.74, 6) is 0.527. The molecule has 0 amide bonds. The lowest BCUT2D eigenvalue weighted by Crippen LogP contribution is -2.41. The van der Waals surface area contributed by atoms with Crippen molar-refractivity contribution in [1.29, 1.82) is 0 Å². The summed E-state index contributed by atoms with van der Waals surface area (Å²) in [5.41, 5.74) is 0. The first-order valence-electron chi connectivity index (χ1n) is 7.06. The smallest absolute Gasteiger partial charge is 0.243 e. The fraction of sp³-hybridized carbons (Fsp3) is 0.692. The van der Waals surface area contributed by atoms with Gasteiger partial charge in [-0.2, -0.15) is 0 Å². The molecule has 1 aromatic rings. The Bertz CT molecular complexity index is 517. The second-order valence-corrected chi connectivity index (χ2v) is 6.62. The van der Waals surface area contributed by atoms with Crippen LogP contribution >= 0.6 is 0 Å². The number of nitrogens with zero attached hydrogens (tertiary/aromatic N) is 2. The summed E-state index contributed by atoms with van der Waals surface area (Å²) >= 11 is 0. The number of anilines is 1. The van der Waals surface area contributed by atoms with Gasteiger partial charge in [0.1, 0.15) is 4.90 Å². The standard InChI is InChI=1S/C13H24N4O3S/c1-5-14-13-15-7-11(8-16-13)21(18,19)17-12(10(3)4)9-20-6-2/h7-8,10,12,17H,5-6,9H2,1-4H3,(H,14,15,16). The predicted octanol–water partition coefficient (Wildman–Crippen LogP) is 1.25. The fourth-order valence-electron chi connectivity index (χ4n) is 1.58. The molecule has 1 unspecified atom stereocenters. The van der Waals surface area contributed by atoms with Crippen LogP contribution in [0, 0.1) is 5.92 Å². The molecule has 0 saturated carbocycles. The molecule has 7 nitrogen and oxygen atoms in total. The number of sulfonamides is 1. The van der Waals surface area contributed by atoms with Crippen LogP contribution in [0.3, 0.4) is 0 Å². The Morgan fingerprint density at radius 2 is 1.86 bits per heavy atom. The van der Waals surface area contributed by atoms with Gasteiger partial charge in [-0.1, -0.05) is 13.8 Å². The second kappa shape index (κ2) is 8.26. The van der Waals surface area contributed by atoms with Gasteiger partial charge < -0.3 is 10.1 Å². The summed E-state index contributed by atoms with van der Waals surface area (Å²) in [5, 5.41) is 2.92. The van der Waals surface area contributed by atoms with Crippen molar-refractivity contribution in [1.82, 2.24) is 14.7 Å². The SMILES string of the molecule is CCNc1ncc(S(=O)(=O)NC(COCC)C(C)C)cn1. The van der Waals surface area contributed by atoms with E-state index in [0.717, 1.165) is 0 Å². The van der Waals surface area contributed by atoms with Crippen molar-refractivity contribution in [2.75, 3.05) is 25.1 Å². The zero-order chi connectivity index (χ0) is 15.9. The van der Waals surface area contributed by atoms with Gasteiger partial charge in [-0.3, -0.25) is 0 Å². The van der Waals surface area contributed by atoms with Crippen LogP contribution < -0.4 is 10.0 Å². The number of nitrogens with one attached hydrogen (secondary N) is 2. The molecular weight excluding hydrogens is 292 g/mol. The van der Waals surface area contributed by atoms with Crippen LogP contribution in [0.4, 0.5) is 5.95 Å². The molecule has 120 valence electrons. The number of rotatable bonds is 9. The molecule has 0 saturated heterocycles. The van der Waals surface area contributed by atoms with Crippen molar-refractivity contribution in [2.24, 2.45) is 5.92 Å². The van der Waals surface area contributed by atoms with Crippen LogP contribution in [-0.4, -0.2) is 44.2 Å². The van der Waals surface area contributed by atoms with Gasteiger partial charge in [-0.25, -0.2) is 23.1 Å². The van der Waals surface area contributed by atoms with E-state index in [9.17, 15) is 8.42 Å². The van der Waals surface area contributed by atoms with E-state index in [0.29, 0.717) is 25.7 Å². The van der Waals surface area contributed by atoms with Gasteiger partial charge >= 0.3 is 0 Å². The Balaban J connectivity index is 2.83. The summed E-state index contributed by atoms with van der Waals surface area (Å²) in [7, 11) is -3.65. The van der Waals surface area contributed by atoms with Crippen molar-refractivity contribution in [3.05, 3.63) is 12.4 Å². The Morgan fingerprint density at radius 3 is 2.33 bits per heavy atom. The Morgan fingerprint density at radius 1 is 1.24 bits per heavy atom. The van der Waals surface area contributed by atoms with E-state index in [-0.39, 0.29) is 16.9 Å². The average molecular weight is 316 g/mol. The van der Waals surface area contributed by atoms with E-state index in [1.54, 1.807) is 0 Å². The van der Waals surface area contributed by atoms with Crippen molar-refractivity contribution >= 4 is 16.0 Å². The highest BCUT2D eigenvalue weighted by atomic mass is 32.2. The summed E-state index contributed by atoms with van der Waals surface area (Å²) in [6, 6.07) is -0.289. The Kier molecular flexibility index (Phi) is 7.00. The third-order valence-corrected chi connectivity index (χ3v) is 4.33. The molecule has 1 aromatic heterocycles. The summed E-state index contributed by atoms with van der Waals surface area (Å²) in [6.07, 6.45) is 2.59. The highest BCUT2D eigenvalue weighted by molar-refractivity contribution is 7.89. The lowest BCUT2D eigenvalue weighted by Gasteiger charge is -2.21. The molecule has 21 heavy (non-hydrogen) atoms. The van der Waals surface area contributed by atoms with Gasteiger partial charge in [0.2, 0.25) is 16.0 Å². The van der Waals surface area contributed by atoms with Crippen molar-refractivity contribution in [3.63, 3.8) is 0 Å². The number of hydrogen-bond acceptors (Lipinski definition) is 6. The second-order valence-electron chi connectivity index (χ2n) is 4.90. The van der Waals surface area contributed by atoms with Crippen LogP contribution in [-0.2, 0) is 14.8 Å². The third kappa shape index (κ3) is 5.56. The normalized spacial score (nSPS) is 13.4. The molecule has 2 N–H and O–H groups in total. The highest BCUT2D eigenvalue weighted by Gasteiger charge is 2.23. The van der Waals surface area contributed by atoms with Crippen molar-refractivity contribution in [2.45, 2.75) is 38.6 Å². The average Bonchev–Trinajstić information content (AvgIpc) is 2.44. The molecule has 0 radical (unpaired) electrons. The molecule has 0 aliphatic rings. The molecule has 0 fully saturated rings. The van der Waals surface area contributed by atoms with Crippen LogP contribution in [0.2, 0.25) is 0 Å². The zero-order valence-electron chi connectivity index (χ0n) is 13.0. The van der Waals surface area contributed by atoms with Crippen LogP contribution in [0.1, 0.15) is 27.7 Å². The van der Waals surface area contributed by atoms with Gasteiger partial charge in [0.25, 0.3) is 0 Å². The summed E-state index contributed by atoms with van der Waals surface area (Å²) in [6.45, 7) is 9.23. The minimum atomic E-state index is -3.65. The lowest BCUT2D eigenvalue weighted by molar-refractivity contribution is 0.116. The minimum absolute atomic E-state index is 0.0475. The van der Waals surface area contributed by atoms with E-state index < -0.39 is 10.0 Å². The maximum Gasteiger partial charge on any atom is 0.243 e. The first-order valence-corrected chi connectivity index (χ1v) is 8.55. The highest BCUT2D eigenvalue weighted by Crippen LogP contribution is 2.11. The first-order chi connectivity index (χ1) is 9.90. The number of ether oxygens (including phenoxy) is 1. The molecule has 8 heteroatoms. The maximum atomic E-state index is 12.3. The van der Waals surface area contributed by atoms with Crippen molar-refractivity contribution < 1.29 is 13.2 Å². The molecular formula is C13H24N4O3S. The molecule has 0 aromatic carbocycles. The first kappa shape index (κ1) is 17.8. The molecule has 0 aliphatic carbocycles. The molecule has 0 spiro atoms. The van der Waals surface area contributed by atoms with E-state index in [1.807, 2.05) is 27.7 Å². The van der Waals surface area contributed by atoms with Crippen molar-refractivity contribution in [3.8, 4) is 0 Å². The van der Waals surface area contributed by atoms with E-state index in [4.69, 9.17) is 4.74 Å². The van der Waals surface area contributed by atoms with Gasteiger partial charge in [-0.05, 0) is 19.8 Å². The molecule has 1 atom stereocenters. The monoisotopic (exact) mass is 316 g/mol. The predicted molar refractivity (Wildman–Crippen MR) is 81.6 cm³/mol. The van der Waals surface area contributed by atoms with Gasteiger partial charge in [0, 0.05) is 19.2 Å².